The highest BCUT2D eigenvalue weighted by Gasteiger charge is 2.11. The number of benzene rings is 2. The van der Waals surface area contributed by atoms with Crippen molar-refractivity contribution in [2.45, 2.75) is 89.5 Å². The minimum atomic E-state index is 0.274. The second-order valence-corrected chi connectivity index (χ2v) is 10.4. The first-order valence-corrected chi connectivity index (χ1v) is 12.9. The lowest BCUT2D eigenvalue weighted by Crippen LogP contribution is -2.08. The van der Waals surface area contributed by atoms with E-state index in [4.69, 9.17) is 9.47 Å². The molecule has 196 valence electrons. The van der Waals surface area contributed by atoms with Crippen LogP contribution in [0.5, 0.6) is 11.5 Å². The molecule has 0 fully saturated rings. The normalized spacial score (nSPS) is 11.1. The Hall–Kier alpha value is -2.74. The first-order valence-electron chi connectivity index (χ1n) is 12.9. The number of rotatable bonds is 7. The van der Waals surface area contributed by atoms with Gasteiger partial charge in [0.2, 0.25) is 0 Å². The molecule has 2 heteroatoms. The van der Waals surface area contributed by atoms with E-state index in [2.05, 4.69) is 67.2 Å². The van der Waals surface area contributed by atoms with Gasteiger partial charge in [0, 0.05) is 0 Å². The summed E-state index contributed by atoms with van der Waals surface area (Å²) < 4.78 is 11.6. The zero-order valence-corrected chi connectivity index (χ0v) is 24.7. The van der Waals surface area contributed by atoms with Gasteiger partial charge in [-0.1, -0.05) is 113 Å². The molecule has 0 aliphatic carbocycles. The third-order valence-electron chi connectivity index (χ3n) is 3.60. The monoisotopic (exact) mass is 480 g/mol. The Labute approximate surface area is 217 Å². The lowest BCUT2D eigenvalue weighted by molar-refractivity contribution is 0.410. The third-order valence-corrected chi connectivity index (χ3v) is 3.60. The Morgan fingerprint density at radius 3 is 1.60 bits per heavy atom. The summed E-state index contributed by atoms with van der Waals surface area (Å²) in [6.07, 6.45) is 6.60. The highest BCUT2D eigenvalue weighted by molar-refractivity contribution is 5.32. The van der Waals surface area contributed by atoms with Crippen LogP contribution in [-0.2, 0) is 6.42 Å². The molecule has 2 aromatic rings. The van der Waals surface area contributed by atoms with Crippen LogP contribution in [0.3, 0.4) is 0 Å². The predicted octanol–water partition coefficient (Wildman–Crippen LogP) is 10.8. The molecular formula is C33H52O2. The molecule has 0 saturated heterocycles. The molecule has 0 aliphatic rings. The lowest BCUT2D eigenvalue weighted by atomic mass is 9.88. The summed E-state index contributed by atoms with van der Waals surface area (Å²) in [4.78, 5) is 0. The molecule has 0 spiro atoms. The Kier molecular flexibility index (Phi) is 18.3. The van der Waals surface area contributed by atoms with Gasteiger partial charge in [0.05, 0.1) is 0 Å². The van der Waals surface area contributed by atoms with E-state index >= 15 is 0 Å². The molecule has 0 aromatic heterocycles. The first kappa shape index (κ1) is 34.4. The van der Waals surface area contributed by atoms with Gasteiger partial charge in [0.1, 0.15) is 23.0 Å². The Bertz CT molecular complexity index is 837. The Morgan fingerprint density at radius 2 is 1.17 bits per heavy atom. The molecule has 0 radical (unpaired) electrons. The van der Waals surface area contributed by atoms with Crippen molar-refractivity contribution in [3.8, 4) is 11.5 Å². The van der Waals surface area contributed by atoms with Gasteiger partial charge < -0.3 is 9.47 Å². The summed E-state index contributed by atoms with van der Waals surface area (Å²) in [5, 5.41) is 0. The van der Waals surface area contributed by atoms with Gasteiger partial charge in [-0.25, -0.2) is 0 Å². The van der Waals surface area contributed by atoms with Crippen LogP contribution in [-0.4, -0.2) is 0 Å². The van der Waals surface area contributed by atoms with Crippen molar-refractivity contribution < 1.29 is 9.47 Å². The van der Waals surface area contributed by atoms with E-state index < -0.39 is 0 Å². The van der Waals surface area contributed by atoms with Crippen LogP contribution >= 0.6 is 0 Å². The van der Waals surface area contributed by atoms with Crippen molar-refractivity contribution >= 4 is 0 Å². The Morgan fingerprint density at radius 1 is 0.714 bits per heavy atom. The SMILES string of the molecule is C=C(/C=C\C(=C/C)Oc1ccccc1)Oc1ccc(CC(C)(C)C)cc1.CC.CC.CC(C)(C)C. The smallest absolute Gasteiger partial charge is 0.127 e. The topological polar surface area (TPSA) is 18.5 Å². The third kappa shape index (κ3) is 21.5. The second kappa shape index (κ2) is 18.6. The molecule has 2 rings (SSSR count). The quantitative estimate of drug-likeness (QED) is 0.290. The van der Waals surface area contributed by atoms with Crippen molar-refractivity contribution in [2.75, 3.05) is 0 Å². The molecule has 0 amide bonds. The molecule has 0 bridgehead atoms. The van der Waals surface area contributed by atoms with Crippen LogP contribution < -0.4 is 9.47 Å². The summed E-state index contributed by atoms with van der Waals surface area (Å²) in [5.74, 6) is 2.88. The van der Waals surface area contributed by atoms with Crippen LogP contribution in [0.4, 0.5) is 0 Å². The molecule has 0 heterocycles. The van der Waals surface area contributed by atoms with E-state index in [9.17, 15) is 0 Å². The van der Waals surface area contributed by atoms with Crippen LogP contribution in [0, 0.1) is 10.8 Å². The molecule has 35 heavy (non-hydrogen) atoms. The average Bonchev–Trinajstić information content (AvgIpc) is 2.79. The van der Waals surface area contributed by atoms with E-state index in [0.717, 1.165) is 23.7 Å². The minimum absolute atomic E-state index is 0.274. The predicted molar refractivity (Wildman–Crippen MR) is 157 cm³/mol. The average molecular weight is 481 g/mol. The van der Waals surface area contributed by atoms with Gasteiger partial charge in [-0.3, -0.25) is 0 Å². The van der Waals surface area contributed by atoms with E-state index in [1.807, 2.05) is 89.2 Å². The van der Waals surface area contributed by atoms with Crippen molar-refractivity contribution in [1.29, 1.82) is 0 Å². The van der Waals surface area contributed by atoms with Crippen LogP contribution in [0.25, 0.3) is 0 Å². The van der Waals surface area contributed by atoms with E-state index in [-0.39, 0.29) is 5.41 Å². The van der Waals surface area contributed by atoms with Crippen molar-refractivity contribution in [3.05, 3.63) is 96.5 Å². The number of hydrogen-bond acceptors (Lipinski definition) is 2. The fourth-order valence-corrected chi connectivity index (χ4v) is 2.46. The van der Waals surface area contributed by atoms with E-state index in [1.54, 1.807) is 6.08 Å². The summed E-state index contributed by atoms with van der Waals surface area (Å²) in [6.45, 7) is 29.3. The standard InChI is InChI=1S/C24H28O2.C5H12.2C2H6/c1-6-21(26-22-10-8-7-9-11-22)15-12-19(2)25-23-16-13-20(14-17-23)18-24(3,4)5;1-5(2,3)4;2*1-2/h6-17H,2,18H2,1,3-5H3;1-4H3;2*1-2H3/b15-12-,21-6+;;;. The van der Waals surface area contributed by atoms with Crippen molar-refractivity contribution in [3.63, 3.8) is 0 Å². The van der Waals surface area contributed by atoms with Crippen LogP contribution in [0.1, 0.15) is 88.6 Å². The van der Waals surface area contributed by atoms with Crippen LogP contribution in [0.15, 0.2) is 90.9 Å². The largest absolute Gasteiger partial charge is 0.458 e. The minimum Gasteiger partial charge on any atom is -0.458 e. The Balaban J connectivity index is 0. The molecule has 0 unspecified atom stereocenters. The molecule has 0 atom stereocenters. The number of hydrogen-bond donors (Lipinski definition) is 0. The van der Waals surface area contributed by atoms with E-state index in [1.165, 1.54) is 5.56 Å². The molecule has 2 aromatic carbocycles. The van der Waals surface area contributed by atoms with Crippen molar-refractivity contribution in [1.82, 2.24) is 0 Å². The lowest BCUT2D eigenvalue weighted by Gasteiger charge is -2.18. The fourth-order valence-electron chi connectivity index (χ4n) is 2.46. The first-order chi connectivity index (χ1) is 16.4. The summed E-state index contributed by atoms with van der Waals surface area (Å²) in [5.41, 5.74) is 2.08. The molecular weight excluding hydrogens is 428 g/mol. The van der Waals surface area contributed by atoms with Crippen LogP contribution in [0.2, 0.25) is 0 Å². The zero-order valence-electron chi connectivity index (χ0n) is 24.7. The van der Waals surface area contributed by atoms with Gasteiger partial charge in [-0.05, 0) is 72.2 Å². The maximum absolute atomic E-state index is 5.80. The molecule has 2 nitrogen and oxygen atoms in total. The molecule has 0 N–H and O–H groups in total. The van der Waals surface area contributed by atoms with E-state index in [0.29, 0.717) is 11.2 Å². The molecule has 0 saturated carbocycles. The zero-order chi connectivity index (χ0) is 27.5. The molecule has 0 aliphatic heterocycles. The number of ether oxygens (including phenoxy) is 2. The van der Waals surface area contributed by atoms with Gasteiger partial charge in [0.25, 0.3) is 0 Å². The number of allylic oxidation sites excluding steroid dienone is 3. The van der Waals surface area contributed by atoms with Crippen molar-refractivity contribution in [2.24, 2.45) is 10.8 Å². The van der Waals surface area contributed by atoms with Gasteiger partial charge in [-0.2, -0.15) is 0 Å². The highest BCUT2D eigenvalue weighted by Crippen LogP contribution is 2.23. The number of para-hydroxylation sites is 1. The second-order valence-electron chi connectivity index (χ2n) is 10.4. The highest BCUT2D eigenvalue weighted by atomic mass is 16.5. The van der Waals surface area contributed by atoms with Gasteiger partial charge >= 0.3 is 0 Å². The maximum Gasteiger partial charge on any atom is 0.127 e. The maximum atomic E-state index is 5.80. The summed E-state index contributed by atoms with van der Waals surface area (Å²) >= 11 is 0. The van der Waals surface area contributed by atoms with Gasteiger partial charge in [-0.15, -0.1) is 0 Å². The summed E-state index contributed by atoms with van der Waals surface area (Å²) in [6, 6.07) is 17.9. The van der Waals surface area contributed by atoms with Gasteiger partial charge in [0.15, 0.2) is 0 Å². The fraction of sp³-hybridized carbons (Fsp3) is 0.455. The summed E-state index contributed by atoms with van der Waals surface area (Å²) in [7, 11) is 0.